The van der Waals surface area contributed by atoms with Gasteiger partial charge in [-0.25, -0.2) is 0 Å². The van der Waals surface area contributed by atoms with E-state index in [9.17, 15) is 0 Å². The Balaban J connectivity index is 2.50. The number of methoxy groups -OCH3 is 1. The predicted octanol–water partition coefficient (Wildman–Crippen LogP) is 5.20. The molecule has 2 nitrogen and oxygen atoms in total. The summed E-state index contributed by atoms with van der Waals surface area (Å²) < 4.78 is 6.54. The summed E-state index contributed by atoms with van der Waals surface area (Å²) in [4.78, 5) is 0. The molecule has 0 amide bonds. The highest BCUT2D eigenvalue weighted by Crippen LogP contribution is 2.35. The first-order valence-corrected chi connectivity index (χ1v) is 8.15. The summed E-state index contributed by atoms with van der Waals surface area (Å²) in [6, 6.07) is 14.0. The van der Waals surface area contributed by atoms with Gasteiger partial charge in [0.05, 0.1) is 13.2 Å². The molecule has 112 valence electrons. The molecule has 0 fully saturated rings. The fourth-order valence-electron chi connectivity index (χ4n) is 2.32. The lowest BCUT2D eigenvalue weighted by atomic mass is 9.97. The Morgan fingerprint density at radius 3 is 2.62 bits per heavy atom. The van der Waals surface area contributed by atoms with Gasteiger partial charge in [0.15, 0.2) is 0 Å². The van der Waals surface area contributed by atoms with E-state index in [0.29, 0.717) is 0 Å². The summed E-state index contributed by atoms with van der Waals surface area (Å²) in [5.74, 6) is 0.853. The quantitative estimate of drug-likeness (QED) is 0.756. The van der Waals surface area contributed by atoms with Crippen molar-refractivity contribution in [2.75, 3.05) is 13.7 Å². The maximum absolute atomic E-state index is 6.39. The molecule has 1 N–H and O–H groups in total. The number of rotatable bonds is 6. The van der Waals surface area contributed by atoms with Gasteiger partial charge in [0.2, 0.25) is 0 Å². The van der Waals surface area contributed by atoms with Gasteiger partial charge >= 0.3 is 0 Å². The summed E-state index contributed by atoms with van der Waals surface area (Å²) in [6.45, 7) is 3.06. The Morgan fingerprint density at radius 2 is 1.95 bits per heavy atom. The van der Waals surface area contributed by atoms with Crippen LogP contribution in [0, 0.1) is 0 Å². The maximum Gasteiger partial charge on any atom is 0.124 e. The summed E-state index contributed by atoms with van der Waals surface area (Å²) in [6.07, 6.45) is 1.05. The molecule has 0 saturated heterocycles. The molecule has 4 heteroatoms. The van der Waals surface area contributed by atoms with Crippen LogP contribution in [0.15, 0.2) is 46.9 Å². The third kappa shape index (κ3) is 4.00. The predicted molar refractivity (Wildman–Crippen MR) is 92.3 cm³/mol. The van der Waals surface area contributed by atoms with Gasteiger partial charge < -0.3 is 10.1 Å². The molecule has 0 aliphatic rings. The van der Waals surface area contributed by atoms with Crippen LogP contribution in [0.2, 0.25) is 5.02 Å². The molecule has 1 unspecified atom stereocenters. The number of nitrogens with one attached hydrogen (secondary N) is 1. The van der Waals surface area contributed by atoms with Gasteiger partial charge in [-0.15, -0.1) is 0 Å². The third-order valence-corrected chi connectivity index (χ3v) is 4.15. The van der Waals surface area contributed by atoms with Crippen molar-refractivity contribution in [2.24, 2.45) is 0 Å². The van der Waals surface area contributed by atoms with Crippen molar-refractivity contribution in [3.8, 4) is 5.75 Å². The zero-order chi connectivity index (χ0) is 15.2. The van der Waals surface area contributed by atoms with E-state index in [0.717, 1.165) is 39.3 Å². The zero-order valence-electron chi connectivity index (χ0n) is 12.2. The van der Waals surface area contributed by atoms with E-state index < -0.39 is 0 Å². The minimum Gasteiger partial charge on any atom is -0.496 e. The second-order valence-electron chi connectivity index (χ2n) is 4.79. The van der Waals surface area contributed by atoms with E-state index in [1.54, 1.807) is 7.11 Å². The zero-order valence-corrected chi connectivity index (χ0v) is 14.5. The van der Waals surface area contributed by atoms with E-state index in [-0.39, 0.29) is 6.04 Å². The average molecular weight is 369 g/mol. The van der Waals surface area contributed by atoms with Gasteiger partial charge in [0, 0.05) is 15.1 Å². The molecule has 0 heterocycles. The van der Waals surface area contributed by atoms with Gasteiger partial charge in [-0.05, 0) is 42.8 Å². The van der Waals surface area contributed by atoms with Crippen molar-refractivity contribution >= 4 is 27.5 Å². The first kappa shape index (κ1) is 16.3. The van der Waals surface area contributed by atoms with Crippen LogP contribution >= 0.6 is 27.5 Å². The van der Waals surface area contributed by atoms with Crippen molar-refractivity contribution in [3.05, 3.63) is 63.1 Å². The van der Waals surface area contributed by atoms with Gasteiger partial charge in [0.1, 0.15) is 5.75 Å². The summed E-state index contributed by atoms with van der Waals surface area (Å²) in [5, 5.41) is 4.32. The molecule has 2 rings (SSSR count). The van der Waals surface area contributed by atoms with Crippen LogP contribution in [-0.2, 0) is 0 Å². The highest BCUT2D eigenvalue weighted by molar-refractivity contribution is 9.10. The molecule has 2 aromatic carbocycles. The standard InChI is InChI=1S/C17H19BrClNO/c1-3-10-20-17(13-6-4-5-7-15(13)19)14-11-12(18)8-9-16(14)21-2/h4-9,11,17,20H,3,10H2,1-2H3. The Kier molecular flexibility index (Phi) is 6.09. The molecule has 0 aliphatic carbocycles. The van der Waals surface area contributed by atoms with Crippen molar-refractivity contribution in [2.45, 2.75) is 19.4 Å². The second kappa shape index (κ2) is 7.83. The minimum atomic E-state index is 0.00565. The Labute approximate surface area is 139 Å². The maximum atomic E-state index is 6.39. The van der Waals surface area contributed by atoms with Crippen LogP contribution in [-0.4, -0.2) is 13.7 Å². The molecule has 0 radical (unpaired) electrons. The summed E-state index contributed by atoms with van der Waals surface area (Å²) in [7, 11) is 1.69. The lowest BCUT2D eigenvalue weighted by Gasteiger charge is -2.23. The number of hydrogen-bond donors (Lipinski definition) is 1. The molecular formula is C17H19BrClNO. The van der Waals surface area contributed by atoms with Crippen LogP contribution in [0.4, 0.5) is 0 Å². The summed E-state index contributed by atoms with van der Waals surface area (Å²) in [5.41, 5.74) is 2.14. The highest BCUT2D eigenvalue weighted by Gasteiger charge is 2.20. The molecule has 0 spiro atoms. The smallest absolute Gasteiger partial charge is 0.124 e. The Bertz CT molecular complexity index is 603. The van der Waals surface area contributed by atoms with E-state index >= 15 is 0 Å². The topological polar surface area (TPSA) is 21.3 Å². The molecule has 1 atom stereocenters. The van der Waals surface area contributed by atoms with E-state index in [2.05, 4.69) is 40.3 Å². The molecule has 0 aromatic heterocycles. The van der Waals surface area contributed by atoms with Crippen molar-refractivity contribution in [1.82, 2.24) is 5.32 Å². The number of hydrogen-bond acceptors (Lipinski definition) is 2. The Morgan fingerprint density at radius 1 is 1.19 bits per heavy atom. The fourth-order valence-corrected chi connectivity index (χ4v) is 2.94. The van der Waals surface area contributed by atoms with Gasteiger partial charge in [-0.2, -0.15) is 0 Å². The van der Waals surface area contributed by atoms with E-state index in [1.807, 2.05) is 30.3 Å². The SMILES string of the molecule is CCCNC(c1ccccc1Cl)c1cc(Br)ccc1OC. The molecular weight excluding hydrogens is 350 g/mol. The monoisotopic (exact) mass is 367 g/mol. The summed E-state index contributed by atoms with van der Waals surface area (Å²) >= 11 is 9.93. The van der Waals surface area contributed by atoms with Crippen LogP contribution < -0.4 is 10.1 Å². The van der Waals surface area contributed by atoms with Gasteiger partial charge in [-0.1, -0.05) is 52.7 Å². The van der Waals surface area contributed by atoms with E-state index in [4.69, 9.17) is 16.3 Å². The normalized spacial score (nSPS) is 12.2. The van der Waals surface area contributed by atoms with Crippen molar-refractivity contribution < 1.29 is 4.74 Å². The average Bonchev–Trinajstić information content (AvgIpc) is 2.49. The van der Waals surface area contributed by atoms with Gasteiger partial charge in [0.25, 0.3) is 0 Å². The molecule has 0 aliphatic heterocycles. The van der Waals surface area contributed by atoms with Crippen molar-refractivity contribution in [3.63, 3.8) is 0 Å². The molecule has 0 saturated carbocycles. The first-order valence-electron chi connectivity index (χ1n) is 6.98. The molecule has 0 bridgehead atoms. The lowest BCUT2D eigenvalue weighted by molar-refractivity contribution is 0.403. The van der Waals surface area contributed by atoms with E-state index in [1.165, 1.54) is 0 Å². The third-order valence-electron chi connectivity index (χ3n) is 3.32. The first-order chi connectivity index (χ1) is 10.2. The lowest BCUT2D eigenvalue weighted by Crippen LogP contribution is -2.24. The molecule has 21 heavy (non-hydrogen) atoms. The van der Waals surface area contributed by atoms with Crippen molar-refractivity contribution in [1.29, 1.82) is 0 Å². The highest BCUT2D eigenvalue weighted by atomic mass is 79.9. The van der Waals surface area contributed by atoms with Crippen LogP contribution in [0.25, 0.3) is 0 Å². The molecule has 2 aromatic rings. The number of ether oxygens (including phenoxy) is 1. The van der Waals surface area contributed by atoms with Crippen LogP contribution in [0.1, 0.15) is 30.5 Å². The second-order valence-corrected chi connectivity index (χ2v) is 6.12. The Hall–Kier alpha value is -1.03. The van der Waals surface area contributed by atoms with Gasteiger partial charge in [-0.3, -0.25) is 0 Å². The largest absolute Gasteiger partial charge is 0.496 e. The fraction of sp³-hybridized carbons (Fsp3) is 0.294. The van der Waals surface area contributed by atoms with Crippen LogP contribution in [0.5, 0.6) is 5.75 Å². The number of benzene rings is 2. The van der Waals surface area contributed by atoms with Crippen LogP contribution in [0.3, 0.4) is 0 Å². The minimum absolute atomic E-state index is 0.00565. The number of halogens is 2.